The van der Waals surface area contributed by atoms with Gasteiger partial charge in [0, 0.05) is 10.5 Å². The maximum atomic E-state index is 11.4. The van der Waals surface area contributed by atoms with Crippen LogP contribution < -0.4 is 4.72 Å². The molecule has 0 aromatic heterocycles. The third-order valence-corrected chi connectivity index (χ3v) is 4.40. The molecule has 3 nitrogen and oxygen atoms in total. The molecule has 2 rings (SSSR count). The van der Waals surface area contributed by atoms with E-state index in [1.165, 1.54) is 12.7 Å². The molecule has 5 heteroatoms. The molecule has 94 valence electrons. The van der Waals surface area contributed by atoms with Gasteiger partial charge in [0.25, 0.3) is 0 Å². The molecule has 0 amide bonds. The highest BCUT2D eigenvalue weighted by Crippen LogP contribution is 2.38. The molecule has 0 bridgehead atoms. The van der Waals surface area contributed by atoms with Crippen molar-refractivity contribution in [3.8, 4) is 0 Å². The van der Waals surface area contributed by atoms with Crippen molar-refractivity contribution in [2.24, 2.45) is 5.92 Å². The average molecular weight is 318 g/mol. The summed E-state index contributed by atoms with van der Waals surface area (Å²) in [4.78, 5) is 0. The fourth-order valence-electron chi connectivity index (χ4n) is 2.11. The minimum atomic E-state index is -3.16. The molecule has 0 heterocycles. The predicted molar refractivity (Wildman–Crippen MR) is 72.2 cm³/mol. The van der Waals surface area contributed by atoms with Gasteiger partial charge in [-0.2, -0.15) is 0 Å². The Morgan fingerprint density at radius 2 is 1.88 bits per heavy atom. The fourth-order valence-corrected chi connectivity index (χ4v) is 3.16. The van der Waals surface area contributed by atoms with Crippen molar-refractivity contribution in [2.45, 2.75) is 25.3 Å². The third kappa shape index (κ3) is 3.53. The van der Waals surface area contributed by atoms with E-state index in [1.54, 1.807) is 0 Å². The summed E-state index contributed by atoms with van der Waals surface area (Å²) < 4.78 is 26.6. The zero-order valence-electron chi connectivity index (χ0n) is 9.69. The summed E-state index contributed by atoms with van der Waals surface area (Å²) in [5.41, 5.74) is 1.04. The van der Waals surface area contributed by atoms with E-state index in [9.17, 15) is 8.42 Å². The normalized spacial score (nSPS) is 18.7. The smallest absolute Gasteiger partial charge is 0.209 e. The standard InChI is InChI=1S/C12H16BrNO2S/c1-17(15,16)14-12(9-3-2-4-9)10-5-7-11(13)8-6-10/h5-9,12,14H,2-4H2,1H3/t12-/m1/s1. The summed E-state index contributed by atoms with van der Waals surface area (Å²) in [5.74, 6) is 0.436. The molecule has 0 aliphatic heterocycles. The fraction of sp³-hybridized carbons (Fsp3) is 0.500. The molecule has 1 aromatic rings. The lowest BCUT2D eigenvalue weighted by molar-refractivity contribution is 0.251. The lowest BCUT2D eigenvalue weighted by Crippen LogP contribution is -2.35. The number of halogens is 1. The molecule has 0 radical (unpaired) electrons. The van der Waals surface area contributed by atoms with Crippen molar-refractivity contribution < 1.29 is 8.42 Å². The van der Waals surface area contributed by atoms with Gasteiger partial charge in [0.05, 0.1) is 6.26 Å². The highest BCUT2D eigenvalue weighted by molar-refractivity contribution is 9.10. The zero-order chi connectivity index (χ0) is 12.5. The molecule has 0 unspecified atom stereocenters. The number of sulfonamides is 1. The van der Waals surface area contributed by atoms with Crippen LogP contribution in [0.2, 0.25) is 0 Å². The van der Waals surface area contributed by atoms with Crippen LogP contribution in [0.4, 0.5) is 0 Å². The van der Waals surface area contributed by atoms with Gasteiger partial charge in [0.1, 0.15) is 0 Å². The summed E-state index contributed by atoms with van der Waals surface area (Å²) in [5, 5.41) is 0. The maximum absolute atomic E-state index is 11.4. The largest absolute Gasteiger partial charge is 0.213 e. The molecule has 0 saturated heterocycles. The quantitative estimate of drug-likeness (QED) is 0.928. The predicted octanol–water partition coefficient (Wildman–Crippen LogP) is 2.84. The Morgan fingerprint density at radius 3 is 2.29 bits per heavy atom. The Bertz CT molecular complexity index is 480. The van der Waals surface area contributed by atoms with Gasteiger partial charge in [-0.15, -0.1) is 0 Å². The van der Waals surface area contributed by atoms with Gasteiger partial charge in [0.2, 0.25) is 10.0 Å². The van der Waals surface area contributed by atoms with Crippen LogP contribution in [0, 0.1) is 5.92 Å². The summed E-state index contributed by atoms with van der Waals surface area (Å²) in [6, 6.07) is 7.78. The minimum absolute atomic E-state index is 0.0770. The first kappa shape index (κ1) is 13.1. The van der Waals surface area contributed by atoms with Crippen LogP contribution in [0.1, 0.15) is 30.9 Å². The van der Waals surface area contributed by atoms with Gasteiger partial charge in [-0.3, -0.25) is 0 Å². The van der Waals surface area contributed by atoms with Crippen LogP contribution in [0.25, 0.3) is 0 Å². The van der Waals surface area contributed by atoms with E-state index in [2.05, 4.69) is 20.7 Å². The number of benzene rings is 1. The first-order chi connectivity index (χ1) is 7.96. The van der Waals surface area contributed by atoms with Gasteiger partial charge in [-0.05, 0) is 36.5 Å². The zero-order valence-corrected chi connectivity index (χ0v) is 12.1. The third-order valence-electron chi connectivity index (χ3n) is 3.19. The second kappa shape index (κ2) is 5.08. The van der Waals surface area contributed by atoms with Gasteiger partial charge < -0.3 is 0 Å². The van der Waals surface area contributed by atoms with E-state index >= 15 is 0 Å². The van der Waals surface area contributed by atoms with Crippen molar-refractivity contribution >= 4 is 26.0 Å². The molecule has 1 aromatic carbocycles. The topological polar surface area (TPSA) is 46.2 Å². The lowest BCUT2D eigenvalue weighted by atomic mass is 9.77. The monoisotopic (exact) mass is 317 g/mol. The van der Waals surface area contributed by atoms with Crippen molar-refractivity contribution in [1.82, 2.24) is 4.72 Å². The lowest BCUT2D eigenvalue weighted by Gasteiger charge is -2.34. The summed E-state index contributed by atoms with van der Waals surface area (Å²) in [6.07, 6.45) is 4.62. The molecular weight excluding hydrogens is 302 g/mol. The van der Waals surface area contributed by atoms with Crippen LogP contribution in [0.5, 0.6) is 0 Å². The van der Waals surface area contributed by atoms with Crippen LogP contribution in [-0.2, 0) is 10.0 Å². The summed E-state index contributed by atoms with van der Waals surface area (Å²) >= 11 is 3.39. The van der Waals surface area contributed by atoms with Crippen LogP contribution in [0.3, 0.4) is 0 Å². The second-order valence-electron chi connectivity index (χ2n) is 4.61. The second-order valence-corrected chi connectivity index (χ2v) is 7.31. The molecule has 1 aliphatic rings. The summed E-state index contributed by atoms with van der Waals surface area (Å²) in [6.45, 7) is 0. The maximum Gasteiger partial charge on any atom is 0.209 e. The van der Waals surface area contributed by atoms with E-state index in [4.69, 9.17) is 0 Å². The molecule has 1 atom stereocenters. The van der Waals surface area contributed by atoms with Crippen molar-refractivity contribution in [2.75, 3.05) is 6.26 Å². The molecule has 1 saturated carbocycles. The van der Waals surface area contributed by atoms with Crippen molar-refractivity contribution in [1.29, 1.82) is 0 Å². The molecule has 17 heavy (non-hydrogen) atoms. The van der Waals surface area contributed by atoms with Crippen LogP contribution in [0.15, 0.2) is 28.7 Å². The van der Waals surface area contributed by atoms with Crippen molar-refractivity contribution in [3.05, 3.63) is 34.3 Å². The average Bonchev–Trinajstić information content (AvgIpc) is 2.13. The van der Waals surface area contributed by atoms with Gasteiger partial charge >= 0.3 is 0 Å². The van der Waals surface area contributed by atoms with Crippen LogP contribution in [-0.4, -0.2) is 14.7 Å². The Balaban J connectivity index is 2.23. The SMILES string of the molecule is CS(=O)(=O)N[C@@H](c1ccc(Br)cc1)C1CCC1. The Kier molecular flexibility index (Phi) is 3.90. The van der Waals surface area contributed by atoms with E-state index in [-0.39, 0.29) is 6.04 Å². The Morgan fingerprint density at radius 1 is 1.29 bits per heavy atom. The molecular formula is C12H16BrNO2S. The van der Waals surface area contributed by atoms with Gasteiger partial charge in [-0.1, -0.05) is 34.5 Å². The minimum Gasteiger partial charge on any atom is -0.213 e. The van der Waals surface area contributed by atoms with Crippen molar-refractivity contribution in [3.63, 3.8) is 0 Å². The highest BCUT2D eigenvalue weighted by Gasteiger charge is 2.30. The number of rotatable bonds is 4. The first-order valence-electron chi connectivity index (χ1n) is 5.68. The Hall–Kier alpha value is -0.390. The number of nitrogens with one attached hydrogen (secondary N) is 1. The van der Waals surface area contributed by atoms with E-state index in [1.807, 2.05) is 24.3 Å². The van der Waals surface area contributed by atoms with E-state index in [0.29, 0.717) is 5.92 Å². The van der Waals surface area contributed by atoms with E-state index < -0.39 is 10.0 Å². The van der Waals surface area contributed by atoms with Gasteiger partial charge in [0.15, 0.2) is 0 Å². The first-order valence-corrected chi connectivity index (χ1v) is 8.37. The van der Waals surface area contributed by atoms with Crippen LogP contribution >= 0.6 is 15.9 Å². The Labute approximate surface area is 111 Å². The number of hydrogen-bond donors (Lipinski definition) is 1. The number of hydrogen-bond acceptors (Lipinski definition) is 2. The molecule has 1 fully saturated rings. The molecule has 0 spiro atoms. The van der Waals surface area contributed by atoms with E-state index in [0.717, 1.165) is 22.9 Å². The molecule has 1 N–H and O–H groups in total. The molecule has 1 aliphatic carbocycles. The highest BCUT2D eigenvalue weighted by atomic mass is 79.9. The van der Waals surface area contributed by atoms with Gasteiger partial charge in [-0.25, -0.2) is 13.1 Å². The summed E-state index contributed by atoms with van der Waals surface area (Å²) in [7, 11) is -3.16.